The third-order valence-electron chi connectivity index (χ3n) is 3.42. The Labute approximate surface area is 144 Å². The summed E-state index contributed by atoms with van der Waals surface area (Å²) in [6.07, 6.45) is 0. The first kappa shape index (κ1) is 16.4. The van der Waals surface area contributed by atoms with E-state index in [2.05, 4.69) is 15.3 Å². The summed E-state index contributed by atoms with van der Waals surface area (Å²) in [6, 6.07) is 9.95. The zero-order valence-corrected chi connectivity index (χ0v) is 14.7. The maximum atomic E-state index is 6.10. The molecule has 2 heterocycles. The van der Waals surface area contributed by atoms with Crippen molar-refractivity contribution in [3.05, 3.63) is 47.3 Å². The smallest absolute Gasteiger partial charge is 0.271 e. The summed E-state index contributed by atoms with van der Waals surface area (Å²) in [7, 11) is 0. The topological polar surface area (TPSA) is 83.8 Å². The van der Waals surface area contributed by atoms with E-state index in [-0.39, 0.29) is 0 Å². The van der Waals surface area contributed by atoms with Crippen molar-refractivity contribution in [2.24, 2.45) is 0 Å². The lowest BCUT2D eigenvalue weighted by Crippen LogP contribution is -2.17. The van der Waals surface area contributed by atoms with Gasteiger partial charge >= 0.3 is 0 Å². The molecule has 2 aromatic heterocycles. The predicted octanol–water partition coefficient (Wildman–Crippen LogP) is 2.27. The van der Waals surface area contributed by atoms with Crippen LogP contribution in [-0.4, -0.2) is 37.0 Å². The molecule has 0 radical (unpaired) electrons. The van der Waals surface area contributed by atoms with Crippen LogP contribution in [0.25, 0.3) is 5.95 Å². The van der Waals surface area contributed by atoms with E-state index in [4.69, 9.17) is 10.6 Å². The van der Waals surface area contributed by atoms with E-state index in [1.165, 1.54) is 22.0 Å². The Hall–Kier alpha value is -2.48. The first-order valence-corrected chi connectivity index (χ1v) is 8.59. The lowest BCUT2D eigenvalue weighted by atomic mass is 10.2. The average Bonchev–Trinajstić information content (AvgIpc) is 3.06. The molecule has 0 unspecified atom stereocenters. The second kappa shape index (κ2) is 6.96. The molecule has 0 aliphatic carbocycles. The second-order valence-corrected chi connectivity index (χ2v) is 6.57. The van der Waals surface area contributed by atoms with Crippen LogP contribution < -0.4 is 10.6 Å². The van der Waals surface area contributed by atoms with Gasteiger partial charge in [0.1, 0.15) is 5.75 Å². The van der Waals surface area contributed by atoms with E-state index in [0.29, 0.717) is 17.7 Å². The van der Waals surface area contributed by atoms with Gasteiger partial charge in [-0.15, -0.1) is 10.2 Å². The van der Waals surface area contributed by atoms with Gasteiger partial charge in [-0.2, -0.15) is 5.10 Å². The molecule has 3 rings (SSSR count). The second-order valence-electron chi connectivity index (χ2n) is 5.50. The van der Waals surface area contributed by atoms with Gasteiger partial charge in [-0.25, -0.2) is 9.36 Å². The van der Waals surface area contributed by atoms with E-state index in [1.54, 1.807) is 4.68 Å². The number of aromatic nitrogens is 5. The zero-order valence-electron chi connectivity index (χ0n) is 13.9. The molecule has 24 heavy (non-hydrogen) atoms. The maximum Gasteiger partial charge on any atom is 0.271 e. The lowest BCUT2D eigenvalue weighted by molar-refractivity contribution is 0.343. The number of hydrogen-bond acceptors (Lipinski definition) is 6. The number of rotatable bonds is 6. The van der Waals surface area contributed by atoms with Crippen molar-refractivity contribution >= 4 is 11.8 Å². The van der Waals surface area contributed by atoms with Gasteiger partial charge in [0.05, 0.1) is 12.3 Å². The molecule has 3 aromatic rings. The zero-order chi connectivity index (χ0) is 17.1. The van der Waals surface area contributed by atoms with Crippen molar-refractivity contribution in [1.82, 2.24) is 24.7 Å². The van der Waals surface area contributed by atoms with E-state index in [0.717, 1.165) is 22.9 Å². The van der Waals surface area contributed by atoms with Crippen molar-refractivity contribution < 1.29 is 4.74 Å². The number of benzene rings is 1. The SMILES string of the molecule is Cc1cccc(OCCSc2nnc(-n3nc(C)cc3C)n2N)c1. The monoisotopic (exact) mass is 344 g/mol. The fourth-order valence-corrected chi connectivity index (χ4v) is 3.01. The van der Waals surface area contributed by atoms with Crippen LogP contribution in [0.5, 0.6) is 5.75 Å². The van der Waals surface area contributed by atoms with Crippen LogP contribution in [0, 0.1) is 20.8 Å². The Morgan fingerprint density at radius 1 is 1.17 bits per heavy atom. The van der Waals surface area contributed by atoms with Crippen LogP contribution >= 0.6 is 11.8 Å². The highest BCUT2D eigenvalue weighted by molar-refractivity contribution is 7.99. The number of nitrogen functional groups attached to an aromatic ring is 1. The van der Waals surface area contributed by atoms with Gasteiger partial charge in [0.2, 0.25) is 5.16 Å². The van der Waals surface area contributed by atoms with Gasteiger partial charge in [0.25, 0.3) is 5.95 Å². The minimum absolute atomic E-state index is 0.503. The van der Waals surface area contributed by atoms with Crippen molar-refractivity contribution in [3.63, 3.8) is 0 Å². The van der Waals surface area contributed by atoms with Gasteiger partial charge in [0.15, 0.2) is 0 Å². The van der Waals surface area contributed by atoms with Crippen LogP contribution in [0.4, 0.5) is 0 Å². The van der Waals surface area contributed by atoms with Gasteiger partial charge in [-0.05, 0) is 44.5 Å². The predicted molar refractivity (Wildman–Crippen MR) is 94.2 cm³/mol. The Morgan fingerprint density at radius 3 is 2.71 bits per heavy atom. The third kappa shape index (κ3) is 3.53. The quantitative estimate of drug-likeness (QED) is 0.419. The molecular weight excluding hydrogens is 324 g/mol. The molecule has 0 amide bonds. The molecule has 0 atom stereocenters. The number of nitrogens with two attached hydrogens (primary N) is 1. The summed E-state index contributed by atoms with van der Waals surface area (Å²) in [4.78, 5) is 0. The van der Waals surface area contributed by atoms with Gasteiger partial charge in [-0.3, -0.25) is 0 Å². The van der Waals surface area contributed by atoms with Crippen LogP contribution in [0.15, 0.2) is 35.5 Å². The van der Waals surface area contributed by atoms with Crippen molar-refractivity contribution in [2.75, 3.05) is 18.2 Å². The summed E-state index contributed by atoms with van der Waals surface area (Å²) >= 11 is 1.50. The number of nitrogens with zero attached hydrogens (tertiary/aromatic N) is 5. The van der Waals surface area contributed by atoms with Crippen LogP contribution in [0.3, 0.4) is 0 Å². The minimum atomic E-state index is 0.503. The highest BCUT2D eigenvalue weighted by atomic mass is 32.2. The number of hydrogen-bond donors (Lipinski definition) is 1. The molecule has 126 valence electrons. The fourth-order valence-electron chi connectivity index (χ4n) is 2.34. The van der Waals surface area contributed by atoms with E-state index < -0.39 is 0 Å². The summed E-state index contributed by atoms with van der Waals surface area (Å²) in [5.41, 5.74) is 3.05. The van der Waals surface area contributed by atoms with Gasteiger partial charge < -0.3 is 10.6 Å². The maximum absolute atomic E-state index is 6.10. The largest absolute Gasteiger partial charge is 0.493 e. The number of thioether (sulfide) groups is 1. The Morgan fingerprint density at radius 2 is 2.00 bits per heavy atom. The van der Waals surface area contributed by atoms with Crippen LogP contribution in [-0.2, 0) is 0 Å². The van der Waals surface area contributed by atoms with E-state index >= 15 is 0 Å². The molecule has 0 spiro atoms. The lowest BCUT2D eigenvalue weighted by Gasteiger charge is -2.07. The van der Waals surface area contributed by atoms with Crippen molar-refractivity contribution in [2.45, 2.75) is 25.9 Å². The van der Waals surface area contributed by atoms with Gasteiger partial charge in [-0.1, -0.05) is 23.9 Å². The Bertz CT molecular complexity index is 841. The molecule has 0 saturated heterocycles. The minimum Gasteiger partial charge on any atom is -0.493 e. The molecule has 0 aliphatic heterocycles. The molecule has 0 fully saturated rings. The molecule has 0 saturated carbocycles. The van der Waals surface area contributed by atoms with Crippen molar-refractivity contribution in [3.8, 4) is 11.7 Å². The Kier molecular flexibility index (Phi) is 4.75. The molecule has 8 heteroatoms. The molecule has 2 N–H and O–H groups in total. The highest BCUT2D eigenvalue weighted by Gasteiger charge is 2.14. The Balaban J connectivity index is 1.59. The third-order valence-corrected chi connectivity index (χ3v) is 4.33. The summed E-state index contributed by atoms with van der Waals surface area (Å²) in [5, 5.41) is 13.3. The van der Waals surface area contributed by atoms with Crippen molar-refractivity contribution in [1.29, 1.82) is 0 Å². The normalized spacial score (nSPS) is 11.0. The van der Waals surface area contributed by atoms with Gasteiger partial charge in [0, 0.05) is 11.4 Å². The van der Waals surface area contributed by atoms with Crippen LogP contribution in [0.1, 0.15) is 17.0 Å². The highest BCUT2D eigenvalue weighted by Crippen LogP contribution is 2.18. The summed E-state index contributed by atoms with van der Waals surface area (Å²) < 4.78 is 8.87. The molecular formula is C16H20N6OS. The molecule has 0 bridgehead atoms. The molecule has 1 aromatic carbocycles. The number of ether oxygens (including phenoxy) is 1. The fraction of sp³-hybridized carbons (Fsp3) is 0.312. The first-order valence-electron chi connectivity index (χ1n) is 7.61. The number of aryl methyl sites for hydroxylation is 3. The summed E-state index contributed by atoms with van der Waals surface area (Å²) in [6.45, 7) is 6.49. The van der Waals surface area contributed by atoms with Crippen LogP contribution in [0.2, 0.25) is 0 Å². The average molecular weight is 344 g/mol. The van der Waals surface area contributed by atoms with E-state index in [1.807, 2.05) is 51.1 Å². The van der Waals surface area contributed by atoms with E-state index in [9.17, 15) is 0 Å². The molecule has 0 aliphatic rings. The molecule has 7 nitrogen and oxygen atoms in total. The summed E-state index contributed by atoms with van der Waals surface area (Å²) in [5.74, 6) is 8.19. The standard InChI is InChI=1S/C16H20N6OS/c1-11-5-4-6-14(9-11)23-7-8-24-16-19-18-15(21(16)17)22-13(3)10-12(2)20-22/h4-6,9-10H,7-8,17H2,1-3H3. The first-order chi connectivity index (χ1) is 11.5.